The van der Waals surface area contributed by atoms with Crippen LogP contribution in [0, 0.1) is 0 Å². The zero-order chi connectivity index (χ0) is 12.8. The van der Waals surface area contributed by atoms with Crippen molar-refractivity contribution in [3.8, 4) is 0 Å². The monoisotopic (exact) mass is 277 g/mol. The number of nitrogens with one attached hydrogen (secondary N) is 2. The number of nitrogens with zero attached hydrogens (tertiary/aromatic N) is 3. The van der Waals surface area contributed by atoms with Gasteiger partial charge in [0, 0.05) is 35.4 Å². The van der Waals surface area contributed by atoms with Crippen LogP contribution in [0.3, 0.4) is 0 Å². The molecule has 0 saturated heterocycles. The van der Waals surface area contributed by atoms with Gasteiger partial charge in [-0.2, -0.15) is 15.0 Å². The van der Waals surface area contributed by atoms with E-state index in [0.717, 1.165) is 0 Å². The fourth-order valence-electron chi connectivity index (χ4n) is 1.02. The van der Waals surface area contributed by atoms with Crippen molar-refractivity contribution in [1.82, 2.24) is 15.0 Å². The molecule has 0 saturated carbocycles. The molecule has 1 heterocycles. The second-order valence-corrected chi connectivity index (χ2v) is 5.61. The van der Waals surface area contributed by atoms with Crippen LogP contribution in [0.2, 0.25) is 5.28 Å². The number of anilines is 2. The molecular formula is C9H16ClN5OS. The van der Waals surface area contributed by atoms with Crippen LogP contribution in [0.1, 0.15) is 13.8 Å². The summed E-state index contributed by atoms with van der Waals surface area (Å²) in [5, 5.41) is 6.09. The van der Waals surface area contributed by atoms with Gasteiger partial charge < -0.3 is 10.6 Å². The van der Waals surface area contributed by atoms with Crippen molar-refractivity contribution in [2.45, 2.75) is 19.1 Å². The molecule has 0 bridgehead atoms. The Morgan fingerprint density at radius 1 is 1.29 bits per heavy atom. The number of aromatic nitrogens is 3. The maximum Gasteiger partial charge on any atom is 0.228 e. The van der Waals surface area contributed by atoms with Crippen LogP contribution in [-0.2, 0) is 10.8 Å². The summed E-state index contributed by atoms with van der Waals surface area (Å²) in [4.78, 5) is 12.0. The van der Waals surface area contributed by atoms with Gasteiger partial charge in [0.05, 0.1) is 0 Å². The average Bonchev–Trinajstić information content (AvgIpc) is 2.25. The molecule has 0 fully saturated rings. The van der Waals surface area contributed by atoms with Crippen molar-refractivity contribution in [1.29, 1.82) is 0 Å². The normalized spacial score (nSPS) is 14.1. The van der Waals surface area contributed by atoms with Gasteiger partial charge in [-0.15, -0.1) is 0 Å². The smallest absolute Gasteiger partial charge is 0.228 e. The van der Waals surface area contributed by atoms with E-state index in [4.69, 9.17) is 11.6 Å². The molecular weight excluding hydrogens is 262 g/mol. The number of hydrogen-bond donors (Lipinski definition) is 2. The predicted molar refractivity (Wildman–Crippen MR) is 71.0 cm³/mol. The minimum absolute atomic E-state index is 0.0214. The van der Waals surface area contributed by atoms with Crippen molar-refractivity contribution < 1.29 is 4.21 Å². The molecule has 2 atom stereocenters. The van der Waals surface area contributed by atoms with Gasteiger partial charge in [-0.3, -0.25) is 4.21 Å². The van der Waals surface area contributed by atoms with Crippen molar-refractivity contribution in [3.05, 3.63) is 5.28 Å². The minimum atomic E-state index is -0.880. The first-order valence-corrected chi connectivity index (χ1v) is 7.24. The van der Waals surface area contributed by atoms with Crippen LogP contribution < -0.4 is 10.6 Å². The van der Waals surface area contributed by atoms with Crippen molar-refractivity contribution in [2.75, 3.05) is 30.0 Å². The van der Waals surface area contributed by atoms with E-state index in [-0.39, 0.29) is 10.5 Å². The Hall–Kier alpha value is -0.950. The van der Waals surface area contributed by atoms with Crippen LogP contribution in [0.4, 0.5) is 11.9 Å². The Morgan fingerprint density at radius 3 is 2.41 bits per heavy atom. The summed E-state index contributed by atoms with van der Waals surface area (Å²) >= 11 is 5.76. The van der Waals surface area contributed by atoms with E-state index in [1.54, 1.807) is 6.26 Å². The van der Waals surface area contributed by atoms with Gasteiger partial charge in [0.1, 0.15) is 0 Å². The molecule has 96 valence electrons. The SMILES string of the molecule is CCNc1nc(Cl)nc(NCC(C)S(C)=O)n1. The number of rotatable bonds is 6. The van der Waals surface area contributed by atoms with Gasteiger partial charge in [-0.25, -0.2) is 0 Å². The van der Waals surface area contributed by atoms with E-state index in [2.05, 4.69) is 25.6 Å². The zero-order valence-corrected chi connectivity index (χ0v) is 11.6. The Kier molecular flexibility index (Phi) is 5.57. The summed E-state index contributed by atoms with van der Waals surface area (Å²) in [6.07, 6.45) is 1.66. The fourth-order valence-corrected chi connectivity index (χ4v) is 1.50. The summed E-state index contributed by atoms with van der Waals surface area (Å²) < 4.78 is 11.2. The molecule has 0 amide bonds. The molecule has 6 nitrogen and oxygen atoms in total. The number of hydrogen-bond acceptors (Lipinski definition) is 6. The summed E-state index contributed by atoms with van der Waals surface area (Å²) in [7, 11) is -0.880. The highest BCUT2D eigenvalue weighted by Gasteiger charge is 2.08. The molecule has 17 heavy (non-hydrogen) atoms. The van der Waals surface area contributed by atoms with Gasteiger partial charge in [0.25, 0.3) is 0 Å². The topological polar surface area (TPSA) is 79.8 Å². The van der Waals surface area contributed by atoms with Crippen LogP contribution in [0.25, 0.3) is 0 Å². The van der Waals surface area contributed by atoms with Gasteiger partial charge in [0.2, 0.25) is 17.2 Å². The van der Waals surface area contributed by atoms with E-state index in [1.165, 1.54) is 0 Å². The van der Waals surface area contributed by atoms with Crippen molar-refractivity contribution in [2.24, 2.45) is 0 Å². The van der Waals surface area contributed by atoms with Crippen molar-refractivity contribution >= 4 is 34.3 Å². The van der Waals surface area contributed by atoms with Gasteiger partial charge in [-0.05, 0) is 25.4 Å². The molecule has 2 N–H and O–H groups in total. The maximum atomic E-state index is 11.2. The summed E-state index contributed by atoms with van der Waals surface area (Å²) in [6.45, 7) is 5.05. The molecule has 1 aromatic rings. The maximum absolute atomic E-state index is 11.2. The molecule has 0 aliphatic carbocycles. The first kappa shape index (κ1) is 14.1. The third kappa shape index (κ3) is 4.82. The lowest BCUT2D eigenvalue weighted by Gasteiger charge is -2.10. The van der Waals surface area contributed by atoms with Gasteiger partial charge in [0.15, 0.2) is 0 Å². The lowest BCUT2D eigenvalue weighted by atomic mass is 10.5. The predicted octanol–water partition coefficient (Wildman–Crippen LogP) is 1.14. The highest BCUT2D eigenvalue weighted by Crippen LogP contribution is 2.09. The first-order valence-electron chi connectivity index (χ1n) is 5.24. The van der Waals surface area contributed by atoms with Gasteiger partial charge in [-0.1, -0.05) is 0 Å². The Morgan fingerprint density at radius 2 is 1.88 bits per heavy atom. The van der Waals surface area contributed by atoms with E-state index in [1.807, 2.05) is 13.8 Å². The highest BCUT2D eigenvalue weighted by atomic mass is 35.5. The second-order valence-electron chi connectivity index (χ2n) is 3.47. The van der Waals surface area contributed by atoms with Crippen molar-refractivity contribution in [3.63, 3.8) is 0 Å². The molecule has 1 aromatic heterocycles. The average molecular weight is 278 g/mol. The zero-order valence-electron chi connectivity index (χ0n) is 10.0. The van der Waals surface area contributed by atoms with E-state index >= 15 is 0 Å². The molecule has 0 aliphatic heterocycles. The third-order valence-electron chi connectivity index (χ3n) is 2.06. The molecule has 0 radical (unpaired) electrons. The highest BCUT2D eigenvalue weighted by molar-refractivity contribution is 7.84. The van der Waals surface area contributed by atoms with E-state index in [9.17, 15) is 4.21 Å². The number of halogens is 1. The third-order valence-corrected chi connectivity index (χ3v) is 3.53. The molecule has 2 unspecified atom stereocenters. The second kappa shape index (κ2) is 6.70. The lowest BCUT2D eigenvalue weighted by molar-refractivity contribution is 0.678. The standard InChI is InChI=1S/C9H16ClN5OS/c1-4-11-8-13-7(10)14-9(15-8)12-5-6(2)17(3)16/h6H,4-5H2,1-3H3,(H2,11,12,13,14,15). The lowest BCUT2D eigenvalue weighted by Crippen LogP contribution is -2.22. The first-order chi connectivity index (χ1) is 8.02. The van der Waals surface area contributed by atoms with Gasteiger partial charge >= 0.3 is 0 Å². The van der Waals surface area contributed by atoms with Crippen LogP contribution in [-0.4, -0.2) is 43.8 Å². The Bertz CT molecular complexity index is 403. The Labute approximate surface area is 108 Å². The van der Waals surface area contributed by atoms with E-state index in [0.29, 0.717) is 25.0 Å². The van der Waals surface area contributed by atoms with Crippen LogP contribution in [0.15, 0.2) is 0 Å². The fraction of sp³-hybridized carbons (Fsp3) is 0.667. The van der Waals surface area contributed by atoms with Crippen LogP contribution in [0.5, 0.6) is 0 Å². The summed E-state index contributed by atoms with van der Waals surface area (Å²) in [5.74, 6) is 0.818. The summed E-state index contributed by atoms with van der Waals surface area (Å²) in [5.41, 5.74) is 0. The van der Waals surface area contributed by atoms with Crippen LogP contribution >= 0.6 is 11.6 Å². The molecule has 0 spiro atoms. The molecule has 8 heteroatoms. The largest absolute Gasteiger partial charge is 0.354 e. The molecule has 0 aromatic carbocycles. The summed E-state index contributed by atoms with van der Waals surface area (Å²) in [6, 6.07) is 0. The molecule has 0 aliphatic rings. The quantitative estimate of drug-likeness (QED) is 0.812. The minimum Gasteiger partial charge on any atom is -0.354 e. The molecule has 1 rings (SSSR count). The Balaban J connectivity index is 2.67. The van der Waals surface area contributed by atoms with E-state index < -0.39 is 10.8 Å².